The molecule has 2 aromatic carbocycles. The molecule has 4 rings (SSSR count). The topological polar surface area (TPSA) is 106 Å². The van der Waals surface area contributed by atoms with E-state index >= 15 is 0 Å². The highest BCUT2D eigenvalue weighted by Crippen LogP contribution is 2.31. The highest BCUT2D eigenvalue weighted by atomic mass is 32.2. The lowest BCUT2D eigenvalue weighted by Crippen LogP contribution is -2.24. The number of aromatic nitrogens is 3. The summed E-state index contributed by atoms with van der Waals surface area (Å²) in [5, 5.41) is 14.1. The number of fused-ring (bicyclic) bond motifs is 1. The molecule has 0 saturated carbocycles. The average molecular weight is 478 g/mol. The van der Waals surface area contributed by atoms with E-state index in [0.717, 1.165) is 45.5 Å². The van der Waals surface area contributed by atoms with Gasteiger partial charge in [0.15, 0.2) is 0 Å². The van der Waals surface area contributed by atoms with E-state index in [1.807, 2.05) is 18.2 Å². The van der Waals surface area contributed by atoms with E-state index in [0.29, 0.717) is 5.52 Å². The van der Waals surface area contributed by atoms with Gasteiger partial charge in [0.1, 0.15) is 0 Å². The van der Waals surface area contributed by atoms with Crippen LogP contribution in [0.2, 0.25) is 0 Å². The van der Waals surface area contributed by atoms with Crippen LogP contribution in [0.15, 0.2) is 70.6 Å². The number of hydrogen-bond donors (Lipinski definition) is 2. The molecule has 2 aromatic heterocycles. The smallest absolute Gasteiger partial charge is 0.493 e. The Bertz CT molecular complexity index is 1510. The lowest BCUT2D eigenvalue weighted by molar-refractivity contribution is -0.0436. The van der Waals surface area contributed by atoms with Crippen molar-refractivity contribution in [2.24, 2.45) is 0 Å². The summed E-state index contributed by atoms with van der Waals surface area (Å²) in [6.07, 6.45) is 2.79. The van der Waals surface area contributed by atoms with Crippen molar-refractivity contribution in [3.05, 3.63) is 77.0 Å². The van der Waals surface area contributed by atoms with Gasteiger partial charge in [-0.3, -0.25) is 9.55 Å². The molecule has 33 heavy (non-hydrogen) atoms. The second-order valence-electron chi connectivity index (χ2n) is 7.13. The lowest BCUT2D eigenvalue weighted by atomic mass is 10.1. The number of anilines is 1. The predicted octanol–water partition coefficient (Wildman–Crippen LogP) is 3.28. The molecule has 0 aliphatic carbocycles. The average Bonchev–Trinajstić information content (AvgIpc) is 3.05. The largest absolute Gasteiger partial charge is 0.501 e. The molecule has 0 unspecified atom stereocenters. The van der Waals surface area contributed by atoms with Crippen LogP contribution in [0.5, 0.6) is 5.88 Å². The number of rotatable bonds is 5. The molecule has 0 amide bonds. The number of sulfone groups is 1. The van der Waals surface area contributed by atoms with Crippen molar-refractivity contribution in [1.82, 2.24) is 14.1 Å². The molecule has 0 bridgehead atoms. The number of nitrogens with one attached hydrogen (secondary N) is 1. The lowest BCUT2D eigenvalue weighted by Gasteiger charge is -2.09. The van der Waals surface area contributed by atoms with Gasteiger partial charge in [0.25, 0.3) is 9.84 Å². The first-order valence-corrected chi connectivity index (χ1v) is 11.0. The summed E-state index contributed by atoms with van der Waals surface area (Å²) in [6, 6.07) is 10.8. The fourth-order valence-electron chi connectivity index (χ4n) is 3.42. The molecule has 0 saturated heterocycles. The minimum atomic E-state index is -5.52. The molecule has 8 nitrogen and oxygen atoms in total. The third kappa shape index (κ3) is 3.93. The van der Waals surface area contributed by atoms with E-state index in [1.54, 1.807) is 19.3 Å². The monoisotopic (exact) mass is 478 g/mol. The van der Waals surface area contributed by atoms with Crippen molar-refractivity contribution >= 4 is 26.4 Å². The van der Waals surface area contributed by atoms with Crippen LogP contribution in [-0.4, -0.2) is 40.2 Å². The molecule has 12 heteroatoms. The number of halogens is 3. The van der Waals surface area contributed by atoms with Gasteiger partial charge in [-0.05, 0) is 54.1 Å². The molecule has 2 heterocycles. The Hall–Kier alpha value is -3.80. The summed E-state index contributed by atoms with van der Waals surface area (Å²) in [6.45, 7) is 0.0894. The highest BCUT2D eigenvalue weighted by molar-refractivity contribution is 7.92. The van der Waals surface area contributed by atoms with Crippen molar-refractivity contribution in [3.63, 3.8) is 0 Å². The van der Waals surface area contributed by atoms with Gasteiger partial charge in [-0.25, -0.2) is 17.8 Å². The Kier molecular flexibility index (Phi) is 5.40. The van der Waals surface area contributed by atoms with E-state index < -0.39 is 31.8 Å². The summed E-state index contributed by atoms with van der Waals surface area (Å²) in [4.78, 5) is 16.3. The first kappa shape index (κ1) is 22.4. The quantitative estimate of drug-likeness (QED) is 0.456. The third-order valence-electron chi connectivity index (χ3n) is 5.11. The summed E-state index contributed by atoms with van der Waals surface area (Å²) >= 11 is 0. The van der Waals surface area contributed by atoms with Crippen LogP contribution in [0.4, 0.5) is 18.9 Å². The van der Waals surface area contributed by atoms with E-state index in [-0.39, 0.29) is 12.2 Å². The van der Waals surface area contributed by atoms with Gasteiger partial charge in [0, 0.05) is 24.3 Å². The number of alkyl halides is 3. The van der Waals surface area contributed by atoms with Crippen molar-refractivity contribution in [3.8, 4) is 11.6 Å². The normalized spacial score (nSPS) is 12.2. The number of nitrogens with zero attached hydrogens (tertiary/aromatic N) is 3. The van der Waals surface area contributed by atoms with Crippen molar-refractivity contribution in [1.29, 1.82) is 0 Å². The highest BCUT2D eigenvalue weighted by Gasteiger charge is 2.46. The van der Waals surface area contributed by atoms with E-state index in [2.05, 4.69) is 10.3 Å². The molecule has 0 aliphatic heterocycles. The molecule has 0 aliphatic rings. The first-order valence-electron chi connectivity index (χ1n) is 9.51. The molecule has 2 N–H and O–H groups in total. The van der Waals surface area contributed by atoms with Gasteiger partial charge in [0.05, 0.1) is 28.8 Å². The molecule has 0 fully saturated rings. The Morgan fingerprint density at radius 1 is 1.09 bits per heavy atom. The van der Waals surface area contributed by atoms with Gasteiger partial charge in [0.2, 0.25) is 5.88 Å². The maximum atomic E-state index is 12.9. The Morgan fingerprint density at radius 2 is 1.79 bits per heavy atom. The maximum absolute atomic E-state index is 12.9. The first-order chi connectivity index (χ1) is 15.5. The number of hydrogen-bond acceptors (Lipinski definition) is 6. The second-order valence-corrected chi connectivity index (χ2v) is 9.07. The minimum Gasteiger partial charge on any atom is -0.493 e. The van der Waals surface area contributed by atoms with Crippen molar-refractivity contribution in [2.45, 2.75) is 16.9 Å². The SMILES string of the molecule is CNc1ccc2nccc(Cn3cc(O)n(-c4ccc(S(=O)(=O)C(F)(F)F)cc4)c3=O)c2c1. The van der Waals surface area contributed by atoms with Gasteiger partial charge in [-0.15, -0.1) is 0 Å². The molecule has 0 radical (unpaired) electrons. The molecule has 172 valence electrons. The zero-order valence-electron chi connectivity index (χ0n) is 17.0. The molecular weight excluding hydrogens is 461 g/mol. The second kappa shape index (κ2) is 7.96. The molecule has 4 aromatic rings. The fraction of sp³-hybridized carbons (Fsp3) is 0.143. The van der Waals surface area contributed by atoms with Crippen LogP contribution in [0, 0.1) is 0 Å². The molecular formula is C21H17F3N4O4S. The van der Waals surface area contributed by atoms with Gasteiger partial charge < -0.3 is 10.4 Å². The Labute approximate surface area is 185 Å². The predicted molar refractivity (Wildman–Crippen MR) is 115 cm³/mol. The minimum absolute atomic E-state index is 0.00873. The number of imidazole rings is 1. The van der Waals surface area contributed by atoms with E-state index in [1.165, 1.54) is 10.8 Å². The van der Waals surface area contributed by atoms with E-state index in [9.17, 15) is 31.5 Å². The number of aromatic hydroxyl groups is 1. The van der Waals surface area contributed by atoms with Crippen LogP contribution < -0.4 is 11.0 Å². The summed E-state index contributed by atoms with van der Waals surface area (Å²) in [5.41, 5.74) is -3.79. The van der Waals surface area contributed by atoms with Gasteiger partial charge >= 0.3 is 11.2 Å². The van der Waals surface area contributed by atoms with Crippen LogP contribution in [0.3, 0.4) is 0 Å². The van der Waals surface area contributed by atoms with Gasteiger partial charge in [-0.2, -0.15) is 13.2 Å². The Balaban J connectivity index is 1.72. The standard InChI is InChI=1S/C21H17F3N4O4S/c1-25-14-2-7-18-17(10-14)13(8-9-26-18)11-27-12-19(29)28(20(27)30)15-3-5-16(6-4-15)33(31,32)21(22,23)24/h2-10,12,25,29H,11H2,1H3. The van der Waals surface area contributed by atoms with Crippen LogP contribution >= 0.6 is 0 Å². The molecule has 0 atom stereocenters. The van der Waals surface area contributed by atoms with Crippen molar-refractivity contribution < 1.29 is 26.7 Å². The van der Waals surface area contributed by atoms with E-state index in [4.69, 9.17) is 0 Å². The maximum Gasteiger partial charge on any atom is 0.501 e. The summed E-state index contributed by atoms with van der Waals surface area (Å²) in [5.74, 6) is -0.458. The number of benzene rings is 2. The number of pyridine rings is 1. The molecule has 0 spiro atoms. The summed E-state index contributed by atoms with van der Waals surface area (Å²) < 4.78 is 63.4. The fourth-order valence-corrected chi connectivity index (χ4v) is 4.18. The van der Waals surface area contributed by atoms with Crippen LogP contribution in [-0.2, 0) is 16.4 Å². The Morgan fingerprint density at radius 3 is 2.42 bits per heavy atom. The zero-order chi connectivity index (χ0) is 24.0. The van der Waals surface area contributed by atoms with Crippen molar-refractivity contribution in [2.75, 3.05) is 12.4 Å². The summed E-state index contributed by atoms with van der Waals surface area (Å²) in [7, 11) is -3.75. The van der Waals surface area contributed by atoms with Crippen LogP contribution in [0.1, 0.15) is 5.56 Å². The van der Waals surface area contributed by atoms with Crippen LogP contribution in [0.25, 0.3) is 16.6 Å². The zero-order valence-corrected chi connectivity index (χ0v) is 17.9. The third-order valence-corrected chi connectivity index (χ3v) is 6.61. The van der Waals surface area contributed by atoms with Gasteiger partial charge in [-0.1, -0.05) is 0 Å².